The van der Waals surface area contributed by atoms with Gasteiger partial charge < -0.3 is 4.90 Å². The Kier molecular flexibility index (Phi) is 5.07. The van der Waals surface area contributed by atoms with Crippen molar-refractivity contribution in [1.82, 2.24) is 29.8 Å². The number of amides is 1. The van der Waals surface area contributed by atoms with E-state index < -0.39 is 15.8 Å². The van der Waals surface area contributed by atoms with Gasteiger partial charge in [0.15, 0.2) is 0 Å². The van der Waals surface area contributed by atoms with E-state index in [4.69, 9.17) is 0 Å². The van der Waals surface area contributed by atoms with Gasteiger partial charge in [-0.2, -0.15) is 9.52 Å². The van der Waals surface area contributed by atoms with E-state index in [-0.39, 0.29) is 37.0 Å². The van der Waals surface area contributed by atoms with Crippen LogP contribution in [0.15, 0.2) is 53.4 Å². The fourth-order valence-electron chi connectivity index (χ4n) is 3.12. The predicted molar refractivity (Wildman–Crippen MR) is 101 cm³/mol. The smallest absolute Gasteiger partial charge is 0.253 e. The van der Waals surface area contributed by atoms with Gasteiger partial charge in [-0.15, -0.1) is 10.2 Å². The van der Waals surface area contributed by atoms with Crippen LogP contribution < -0.4 is 0 Å². The van der Waals surface area contributed by atoms with E-state index in [9.17, 15) is 17.6 Å². The van der Waals surface area contributed by atoms with Gasteiger partial charge in [-0.05, 0) is 41.6 Å². The molecule has 4 rings (SSSR count). The van der Waals surface area contributed by atoms with Crippen molar-refractivity contribution in [3.05, 3.63) is 59.9 Å². The largest absolute Gasteiger partial charge is 0.336 e. The molecule has 1 aliphatic heterocycles. The molecule has 0 atom stereocenters. The number of carbonyl (C=O) groups is 1. The topological polar surface area (TPSA) is 112 Å². The number of hydrogen-bond acceptors (Lipinski definition) is 6. The zero-order valence-corrected chi connectivity index (χ0v) is 16.0. The first kappa shape index (κ1) is 19.2. The highest BCUT2D eigenvalue weighted by atomic mass is 32.2. The first-order valence-corrected chi connectivity index (χ1v) is 10.3. The van der Waals surface area contributed by atoms with Crippen LogP contribution in [0.2, 0.25) is 0 Å². The van der Waals surface area contributed by atoms with E-state index in [1.165, 1.54) is 16.4 Å². The average Bonchev–Trinajstić information content (AvgIpc) is 3.29. The second kappa shape index (κ2) is 7.68. The molecule has 1 aromatic heterocycles. The minimum atomic E-state index is -3.72. The van der Waals surface area contributed by atoms with Crippen molar-refractivity contribution >= 4 is 15.9 Å². The second-order valence-electron chi connectivity index (χ2n) is 6.46. The molecule has 3 aromatic rings. The maximum Gasteiger partial charge on any atom is 0.253 e. The number of tetrazole rings is 1. The number of carbonyl (C=O) groups excluding carboxylic acids is 1. The zero-order valence-electron chi connectivity index (χ0n) is 15.2. The van der Waals surface area contributed by atoms with E-state index in [0.29, 0.717) is 11.4 Å². The fourth-order valence-corrected chi connectivity index (χ4v) is 4.54. The summed E-state index contributed by atoms with van der Waals surface area (Å²) in [7, 11) is -3.72. The Hall–Kier alpha value is -3.18. The van der Waals surface area contributed by atoms with Crippen LogP contribution >= 0.6 is 0 Å². The Morgan fingerprint density at radius 1 is 0.966 bits per heavy atom. The molecule has 1 amide bonds. The SMILES string of the molecule is O=C(c1ccc(-c2nn[nH]n2)cc1)N1CCN(S(=O)(=O)c2ccc(F)cc2)CC1. The summed E-state index contributed by atoms with van der Waals surface area (Å²) in [5.41, 5.74) is 1.22. The molecule has 9 nitrogen and oxygen atoms in total. The van der Waals surface area contributed by atoms with Gasteiger partial charge >= 0.3 is 0 Å². The Morgan fingerprint density at radius 2 is 1.62 bits per heavy atom. The number of hydrogen-bond donors (Lipinski definition) is 1. The molecule has 150 valence electrons. The van der Waals surface area contributed by atoms with Gasteiger partial charge in [0.1, 0.15) is 5.82 Å². The molecule has 11 heteroatoms. The van der Waals surface area contributed by atoms with Crippen LogP contribution in [-0.4, -0.2) is 70.3 Å². The van der Waals surface area contributed by atoms with Gasteiger partial charge in [0.25, 0.3) is 5.91 Å². The third-order valence-electron chi connectivity index (χ3n) is 4.71. The normalized spacial score (nSPS) is 15.4. The lowest BCUT2D eigenvalue weighted by molar-refractivity contribution is 0.0698. The number of halogens is 1. The lowest BCUT2D eigenvalue weighted by Crippen LogP contribution is -2.50. The third-order valence-corrected chi connectivity index (χ3v) is 6.63. The van der Waals surface area contributed by atoms with Crippen LogP contribution in [0.4, 0.5) is 4.39 Å². The fraction of sp³-hybridized carbons (Fsp3) is 0.222. The Labute approximate surface area is 166 Å². The highest BCUT2D eigenvalue weighted by molar-refractivity contribution is 7.89. The first-order valence-electron chi connectivity index (χ1n) is 8.84. The summed E-state index contributed by atoms with van der Waals surface area (Å²) in [6, 6.07) is 11.5. The van der Waals surface area contributed by atoms with E-state index in [0.717, 1.165) is 17.7 Å². The molecule has 0 aliphatic carbocycles. The van der Waals surface area contributed by atoms with Crippen LogP contribution in [0, 0.1) is 5.82 Å². The highest BCUT2D eigenvalue weighted by Gasteiger charge is 2.30. The molecular formula is C18H17FN6O3S. The molecule has 2 aromatic carbocycles. The molecule has 1 aliphatic rings. The monoisotopic (exact) mass is 416 g/mol. The number of aromatic amines is 1. The standard InChI is InChI=1S/C18H17FN6O3S/c19-15-5-7-16(8-6-15)29(27,28)25-11-9-24(10-12-25)18(26)14-3-1-13(2-4-14)17-20-22-23-21-17/h1-8H,9-12H2,(H,20,21,22,23). The van der Waals surface area contributed by atoms with Gasteiger partial charge in [0.05, 0.1) is 4.90 Å². The number of nitrogens with one attached hydrogen (secondary N) is 1. The zero-order chi connectivity index (χ0) is 20.4. The van der Waals surface area contributed by atoms with Crippen molar-refractivity contribution in [3.8, 4) is 11.4 Å². The maximum atomic E-state index is 13.1. The number of nitrogens with zero attached hydrogens (tertiary/aromatic N) is 5. The summed E-state index contributed by atoms with van der Waals surface area (Å²) in [6.45, 7) is 0.885. The number of sulfonamides is 1. The van der Waals surface area contributed by atoms with Crippen LogP contribution in [0.5, 0.6) is 0 Å². The van der Waals surface area contributed by atoms with Gasteiger partial charge in [-0.3, -0.25) is 4.79 Å². The van der Waals surface area contributed by atoms with Gasteiger partial charge in [-0.1, -0.05) is 12.1 Å². The summed E-state index contributed by atoms with van der Waals surface area (Å²) in [5, 5.41) is 13.6. The average molecular weight is 416 g/mol. The van der Waals surface area contributed by atoms with Gasteiger partial charge in [0.2, 0.25) is 15.8 Å². The van der Waals surface area contributed by atoms with Crippen LogP contribution in [-0.2, 0) is 10.0 Å². The Bertz CT molecular complexity index is 1090. The third kappa shape index (κ3) is 3.87. The van der Waals surface area contributed by atoms with Gasteiger partial charge in [0, 0.05) is 37.3 Å². The number of benzene rings is 2. The lowest BCUT2D eigenvalue weighted by Gasteiger charge is -2.34. The molecule has 0 saturated carbocycles. The van der Waals surface area contributed by atoms with Crippen LogP contribution in [0.3, 0.4) is 0 Å². The Morgan fingerprint density at radius 3 is 2.21 bits per heavy atom. The summed E-state index contributed by atoms with van der Waals surface area (Å²) in [6.07, 6.45) is 0. The van der Waals surface area contributed by atoms with Gasteiger partial charge in [-0.25, -0.2) is 12.8 Å². The van der Waals surface area contributed by atoms with Crippen molar-refractivity contribution < 1.29 is 17.6 Å². The molecule has 0 radical (unpaired) electrons. The van der Waals surface area contributed by atoms with Crippen LogP contribution in [0.25, 0.3) is 11.4 Å². The summed E-state index contributed by atoms with van der Waals surface area (Å²) < 4.78 is 39.7. The van der Waals surface area contributed by atoms with Crippen molar-refractivity contribution in [2.45, 2.75) is 4.90 Å². The van der Waals surface area contributed by atoms with Crippen molar-refractivity contribution in [3.63, 3.8) is 0 Å². The highest BCUT2D eigenvalue weighted by Crippen LogP contribution is 2.20. The number of rotatable bonds is 4. The molecule has 0 spiro atoms. The molecule has 1 fully saturated rings. The molecule has 29 heavy (non-hydrogen) atoms. The number of H-pyrrole nitrogens is 1. The minimum absolute atomic E-state index is 0.0377. The molecule has 1 saturated heterocycles. The molecular weight excluding hydrogens is 399 g/mol. The first-order chi connectivity index (χ1) is 13.9. The lowest BCUT2D eigenvalue weighted by atomic mass is 10.1. The van der Waals surface area contributed by atoms with Crippen LogP contribution in [0.1, 0.15) is 10.4 Å². The molecule has 0 unspecified atom stereocenters. The molecule has 1 N–H and O–H groups in total. The molecule has 0 bridgehead atoms. The minimum Gasteiger partial charge on any atom is -0.336 e. The van der Waals surface area contributed by atoms with E-state index in [1.807, 2.05) is 0 Å². The van der Waals surface area contributed by atoms with Crippen molar-refractivity contribution in [2.24, 2.45) is 0 Å². The Balaban J connectivity index is 1.41. The van der Waals surface area contributed by atoms with E-state index in [2.05, 4.69) is 20.6 Å². The van der Waals surface area contributed by atoms with E-state index >= 15 is 0 Å². The maximum absolute atomic E-state index is 13.1. The number of piperazine rings is 1. The number of aromatic nitrogens is 4. The summed E-state index contributed by atoms with van der Waals surface area (Å²) in [4.78, 5) is 14.4. The molecule has 2 heterocycles. The summed E-state index contributed by atoms with van der Waals surface area (Å²) >= 11 is 0. The quantitative estimate of drug-likeness (QED) is 0.683. The van der Waals surface area contributed by atoms with E-state index in [1.54, 1.807) is 29.2 Å². The predicted octanol–water partition coefficient (Wildman–Crippen LogP) is 1.15. The van der Waals surface area contributed by atoms with Crippen molar-refractivity contribution in [1.29, 1.82) is 0 Å². The summed E-state index contributed by atoms with van der Waals surface area (Å²) in [5.74, 6) is -0.239. The van der Waals surface area contributed by atoms with Crippen molar-refractivity contribution in [2.75, 3.05) is 26.2 Å². The second-order valence-corrected chi connectivity index (χ2v) is 8.40.